The first kappa shape index (κ1) is 12.9. The van der Waals surface area contributed by atoms with Crippen LogP contribution in [0.1, 0.15) is 25.3 Å². The van der Waals surface area contributed by atoms with Gasteiger partial charge in [-0.3, -0.25) is 0 Å². The van der Waals surface area contributed by atoms with Crippen molar-refractivity contribution in [3.63, 3.8) is 0 Å². The van der Waals surface area contributed by atoms with Crippen LogP contribution >= 0.6 is 0 Å². The van der Waals surface area contributed by atoms with Crippen LogP contribution < -0.4 is 5.32 Å². The molecule has 0 fully saturated rings. The summed E-state index contributed by atoms with van der Waals surface area (Å²) in [6.07, 6.45) is 3.97. The van der Waals surface area contributed by atoms with E-state index in [4.69, 9.17) is 0 Å². The Morgan fingerprint density at radius 1 is 1.38 bits per heavy atom. The SMILES string of the molecule is C=CCCCNC(C)(CO)c1ccccc1. The second kappa shape index (κ2) is 6.46. The van der Waals surface area contributed by atoms with Crippen LogP contribution in [0.4, 0.5) is 0 Å². The Bertz CT molecular complexity index is 310. The lowest BCUT2D eigenvalue weighted by Crippen LogP contribution is -2.43. The van der Waals surface area contributed by atoms with Crippen molar-refractivity contribution in [1.82, 2.24) is 5.32 Å². The van der Waals surface area contributed by atoms with Gasteiger partial charge in [-0.25, -0.2) is 0 Å². The predicted octanol–water partition coefficient (Wildman–Crippen LogP) is 2.45. The highest BCUT2D eigenvalue weighted by Crippen LogP contribution is 2.19. The Morgan fingerprint density at radius 3 is 2.62 bits per heavy atom. The summed E-state index contributed by atoms with van der Waals surface area (Å²) in [4.78, 5) is 0. The Morgan fingerprint density at radius 2 is 2.06 bits per heavy atom. The van der Waals surface area contributed by atoms with Gasteiger partial charge in [0.05, 0.1) is 12.1 Å². The summed E-state index contributed by atoms with van der Waals surface area (Å²) in [5.41, 5.74) is 0.777. The van der Waals surface area contributed by atoms with Crippen LogP contribution in [0.2, 0.25) is 0 Å². The Hall–Kier alpha value is -1.12. The number of unbranched alkanes of at least 4 members (excludes halogenated alkanes) is 1. The minimum absolute atomic E-state index is 0.102. The van der Waals surface area contributed by atoms with E-state index in [1.807, 2.05) is 43.3 Å². The lowest BCUT2D eigenvalue weighted by Gasteiger charge is -2.29. The monoisotopic (exact) mass is 219 g/mol. The van der Waals surface area contributed by atoms with E-state index in [1.54, 1.807) is 0 Å². The zero-order chi connectivity index (χ0) is 11.9. The van der Waals surface area contributed by atoms with E-state index in [0.29, 0.717) is 0 Å². The first-order chi connectivity index (χ1) is 7.73. The van der Waals surface area contributed by atoms with Crippen LogP contribution in [0.15, 0.2) is 43.0 Å². The summed E-state index contributed by atoms with van der Waals surface area (Å²) in [5, 5.41) is 12.9. The van der Waals surface area contributed by atoms with E-state index in [1.165, 1.54) is 0 Å². The number of benzene rings is 1. The van der Waals surface area contributed by atoms with Gasteiger partial charge in [0.25, 0.3) is 0 Å². The number of aliphatic hydroxyl groups excluding tert-OH is 1. The Kier molecular flexibility index (Phi) is 5.23. The third-order valence-corrected chi connectivity index (χ3v) is 2.83. The zero-order valence-corrected chi connectivity index (χ0v) is 9.95. The first-order valence-electron chi connectivity index (χ1n) is 5.75. The third kappa shape index (κ3) is 3.47. The van der Waals surface area contributed by atoms with Crippen molar-refractivity contribution in [1.29, 1.82) is 0 Å². The molecule has 1 atom stereocenters. The molecule has 0 saturated heterocycles. The molecule has 0 aliphatic carbocycles. The maximum Gasteiger partial charge on any atom is 0.0652 e. The van der Waals surface area contributed by atoms with Gasteiger partial charge in [-0.1, -0.05) is 36.4 Å². The molecule has 0 bridgehead atoms. The lowest BCUT2D eigenvalue weighted by molar-refractivity contribution is 0.175. The second-order valence-corrected chi connectivity index (χ2v) is 4.21. The van der Waals surface area contributed by atoms with Gasteiger partial charge in [-0.2, -0.15) is 0 Å². The molecule has 0 spiro atoms. The molecular weight excluding hydrogens is 198 g/mol. The predicted molar refractivity (Wildman–Crippen MR) is 68.3 cm³/mol. The molecule has 0 amide bonds. The molecule has 0 radical (unpaired) electrons. The second-order valence-electron chi connectivity index (χ2n) is 4.21. The number of allylic oxidation sites excluding steroid dienone is 1. The summed E-state index contributed by atoms with van der Waals surface area (Å²) in [7, 11) is 0. The molecule has 0 aromatic heterocycles. The topological polar surface area (TPSA) is 32.3 Å². The summed E-state index contributed by atoms with van der Waals surface area (Å²) in [6, 6.07) is 10.1. The molecule has 0 aliphatic rings. The van der Waals surface area contributed by atoms with Crippen molar-refractivity contribution in [2.45, 2.75) is 25.3 Å². The summed E-state index contributed by atoms with van der Waals surface area (Å²) in [6.45, 7) is 6.71. The standard InChI is InChI=1S/C14H21NO/c1-3-4-8-11-15-14(2,12-16)13-9-6-5-7-10-13/h3,5-7,9-10,15-16H,1,4,8,11-12H2,2H3. The molecule has 1 aromatic rings. The highest BCUT2D eigenvalue weighted by Gasteiger charge is 2.24. The molecule has 0 saturated carbocycles. The van der Waals surface area contributed by atoms with E-state index in [0.717, 1.165) is 24.9 Å². The van der Waals surface area contributed by atoms with Crippen LogP contribution in [0.3, 0.4) is 0 Å². The van der Waals surface area contributed by atoms with Gasteiger partial charge < -0.3 is 10.4 Å². The van der Waals surface area contributed by atoms with Crippen molar-refractivity contribution < 1.29 is 5.11 Å². The lowest BCUT2D eigenvalue weighted by atomic mass is 9.93. The minimum Gasteiger partial charge on any atom is -0.394 e. The maximum atomic E-state index is 9.51. The summed E-state index contributed by atoms with van der Waals surface area (Å²) >= 11 is 0. The Labute approximate surface area is 98.0 Å². The summed E-state index contributed by atoms with van der Waals surface area (Å²) < 4.78 is 0. The van der Waals surface area contributed by atoms with E-state index in [2.05, 4.69) is 11.9 Å². The van der Waals surface area contributed by atoms with E-state index >= 15 is 0 Å². The number of rotatable bonds is 7. The maximum absolute atomic E-state index is 9.51. The van der Waals surface area contributed by atoms with E-state index in [9.17, 15) is 5.11 Å². The molecule has 16 heavy (non-hydrogen) atoms. The Balaban J connectivity index is 2.59. The van der Waals surface area contributed by atoms with Crippen LogP contribution in [-0.2, 0) is 5.54 Å². The van der Waals surface area contributed by atoms with Gasteiger partial charge in [0.15, 0.2) is 0 Å². The molecule has 2 nitrogen and oxygen atoms in total. The normalized spacial score (nSPS) is 14.4. The van der Waals surface area contributed by atoms with Gasteiger partial charge in [-0.05, 0) is 31.9 Å². The van der Waals surface area contributed by atoms with Crippen LogP contribution in [0, 0.1) is 0 Å². The quantitative estimate of drug-likeness (QED) is 0.545. The molecule has 0 aliphatic heterocycles. The highest BCUT2D eigenvalue weighted by atomic mass is 16.3. The largest absolute Gasteiger partial charge is 0.394 e. The molecule has 2 heteroatoms. The van der Waals surface area contributed by atoms with Gasteiger partial charge >= 0.3 is 0 Å². The van der Waals surface area contributed by atoms with Crippen molar-refractivity contribution in [2.24, 2.45) is 0 Å². The van der Waals surface area contributed by atoms with Crippen LogP contribution in [-0.4, -0.2) is 18.3 Å². The van der Waals surface area contributed by atoms with Gasteiger partial charge in [0.1, 0.15) is 0 Å². The molecule has 1 rings (SSSR count). The van der Waals surface area contributed by atoms with Crippen molar-refractivity contribution >= 4 is 0 Å². The number of aliphatic hydroxyl groups is 1. The van der Waals surface area contributed by atoms with Crippen LogP contribution in [0.5, 0.6) is 0 Å². The number of hydrogen-bond acceptors (Lipinski definition) is 2. The van der Waals surface area contributed by atoms with Crippen molar-refractivity contribution in [3.05, 3.63) is 48.6 Å². The molecule has 2 N–H and O–H groups in total. The van der Waals surface area contributed by atoms with Crippen molar-refractivity contribution in [2.75, 3.05) is 13.2 Å². The van der Waals surface area contributed by atoms with Crippen molar-refractivity contribution in [3.8, 4) is 0 Å². The fourth-order valence-electron chi connectivity index (χ4n) is 1.67. The average molecular weight is 219 g/mol. The average Bonchev–Trinajstić information content (AvgIpc) is 2.35. The molecule has 1 aromatic carbocycles. The van der Waals surface area contributed by atoms with Gasteiger partial charge in [0, 0.05) is 0 Å². The molecule has 0 heterocycles. The van der Waals surface area contributed by atoms with E-state index in [-0.39, 0.29) is 12.1 Å². The van der Waals surface area contributed by atoms with E-state index < -0.39 is 0 Å². The minimum atomic E-state index is -0.345. The highest BCUT2D eigenvalue weighted by molar-refractivity contribution is 5.23. The molecule has 88 valence electrons. The van der Waals surface area contributed by atoms with Gasteiger partial charge in [-0.15, -0.1) is 6.58 Å². The first-order valence-corrected chi connectivity index (χ1v) is 5.75. The molecular formula is C14H21NO. The number of hydrogen-bond donors (Lipinski definition) is 2. The zero-order valence-electron chi connectivity index (χ0n) is 9.95. The smallest absolute Gasteiger partial charge is 0.0652 e. The summed E-state index contributed by atoms with van der Waals surface area (Å²) in [5.74, 6) is 0. The van der Waals surface area contributed by atoms with Crippen LogP contribution in [0.25, 0.3) is 0 Å². The fraction of sp³-hybridized carbons (Fsp3) is 0.429. The number of nitrogens with one attached hydrogen (secondary N) is 1. The molecule has 1 unspecified atom stereocenters. The van der Waals surface area contributed by atoms with Gasteiger partial charge in [0.2, 0.25) is 0 Å². The fourth-order valence-corrected chi connectivity index (χ4v) is 1.67. The third-order valence-electron chi connectivity index (χ3n) is 2.83.